The summed E-state index contributed by atoms with van der Waals surface area (Å²) in [6.07, 6.45) is 0.245. The molecule has 0 fully saturated rings. The van der Waals surface area contributed by atoms with Crippen LogP contribution in [0.25, 0.3) is 0 Å². The molecule has 19 heavy (non-hydrogen) atoms. The first kappa shape index (κ1) is 15.4. The van der Waals surface area contributed by atoms with Crippen molar-refractivity contribution in [3.8, 4) is 5.75 Å². The number of aliphatic carboxylic acids is 1. The maximum Gasteiger partial charge on any atom is 0.303 e. The zero-order valence-corrected chi connectivity index (χ0v) is 11.4. The minimum absolute atomic E-state index is 0.0342. The Morgan fingerprint density at radius 2 is 2.16 bits per heavy atom. The summed E-state index contributed by atoms with van der Waals surface area (Å²) in [5.74, 6) is -0.359. The highest BCUT2D eigenvalue weighted by Gasteiger charge is 2.22. The number of carbonyl (C=O) groups is 1. The molecule has 0 aliphatic carbocycles. The molecule has 0 radical (unpaired) electrons. The fourth-order valence-corrected chi connectivity index (χ4v) is 1.83. The van der Waals surface area contributed by atoms with Gasteiger partial charge in [-0.1, -0.05) is 6.07 Å². The molecule has 1 unspecified atom stereocenters. The maximum absolute atomic E-state index is 13.9. The SMILES string of the molecule is COc1ccc(C(C)(C)F)cc1C(N)CCC(=O)O. The van der Waals surface area contributed by atoms with Crippen molar-refractivity contribution in [2.75, 3.05) is 7.11 Å². The third kappa shape index (κ3) is 4.21. The second-order valence-electron chi connectivity index (χ2n) is 4.97. The van der Waals surface area contributed by atoms with Crippen LogP contribution in [0.2, 0.25) is 0 Å². The molecule has 106 valence electrons. The van der Waals surface area contributed by atoms with E-state index >= 15 is 0 Å². The Balaban J connectivity index is 3.05. The molecule has 5 heteroatoms. The Labute approximate surface area is 112 Å². The monoisotopic (exact) mass is 269 g/mol. The van der Waals surface area contributed by atoms with Gasteiger partial charge in [0.1, 0.15) is 11.4 Å². The molecule has 3 N–H and O–H groups in total. The normalized spacial score (nSPS) is 13.1. The Morgan fingerprint density at radius 1 is 1.53 bits per heavy atom. The number of hydrogen-bond donors (Lipinski definition) is 2. The summed E-state index contributed by atoms with van der Waals surface area (Å²) in [7, 11) is 1.50. The first-order chi connectivity index (χ1) is 8.75. The average molecular weight is 269 g/mol. The zero-order chi connectivity index (χ0) is 14.6. The van der Waals surface area contributed by atoms with Crippen LogP contribution in [-0.4, -0.2) is 18.2 Å². The van der Waals surface area contributed by atoms with Crippen LogP contribution in [0.4, 0.5) is 4.39 Å². The van der Waals surface area contributed by atoms with Crippen LogP contribution in [0.3, 0.4) is 0 Å². The zero-order valence-electron chi connectivity index (χ0n) is 11.4. The second-order valence-corrected chi connectivity index (χ2v) is 4.97. The predicted molar refractivity (Wildman–Crippen MR) is 70.9 cm³/mol. The lowest BCUT2D eigenvalue weighted by Gasteiger charge is -2.20. The van der Waals surface area contributed by atoms with Gasteiger partial charge in [-0.3, -0.25) is 4.79 Å². The number of hydrogen-bond acceptors (Lipinski definition) is 3. The van der Waals surface area contributed by atoms with Crippen LogP contribution >= 0.6 is 0 Å². The van der Waals surface area contributed by atoms with Crippen LogP contribution < -0.4 is 10.5 Å². The number of methoxy groups -OCH3 is 1. The van der Waals surface area contributed by atoms with Crippen LogP contribution in [0, 0.1) is 0 Å². The molecular weight excluding hydrogens is 249 g/mol. The molecule has 1 rings (SSSR count). The second kappa shape index (κ2) is 6.02. The van der Waals surface area contributed by atoms with Crippen molar-refractivity contribution in [1.29, 1.82) is 0 Å². The lowest BCUT2D eigenvalue weighted by Crippen LogP contribution is -2.16. The lowest BCUT2D eigenvalue weighted by atomic mass is 9.93. The topological polar surface area (TPSA) is 72.5 Å². The summed E-state index contributed by atoms with van der Waals surface area (Å²) in [5, 5.41) is 8.67. The van der Waals surface area contributed by atoms with Crippen LogP contribution in [0.5, 0.6) is 5.75 Å². The number of halogens is 1. The van der Waals surface area contributed by atoms with Crippen LogP contribution in [0.15, 0.2) is 18.2 Å². The molecule has 0 aliphatic heterocycles. The number of carboxylic acids is 1. The van der Waals surface area contributed by atoms with E-state index in [9.17, 15) is 9.18 Å². The number of carboxylic acid groups (broad SMARTS) is 1. The Bertz CT molecular complexity index is 454. The molecule has 1 aromatic carbocycles. The fraction of sp³-hybridized carbons (Fsp3) is 0.500. The molecule has 0 spiro atoms. The van der Waals surface area contributed by atoms with Crippen molar-refractivity contribution >= 4 is 5.97 Å². The van der Waals surface area contributed by atoms with Crippen molar-refractivity contribution in [3.63, 3.8) is 0 Å². The van der Waals surface area contributed by atoms with Crippen molar-refractivity contribution < 1.29 is 19.0 Å². The summed E-state index contributed by atoms with van der Waals surface area (Å²) >= 11 is 0. The Morgan fingerprint density at radius 3 is 2.63 bits per heavy atom. The Hall–Kier alpha value is -1.62. The molecule has 4 nitrogen and oxygen atoms in total. The minimum atomic E-state index is -1.48. The van der Waals surface area contributed by atoms with E-state index in [1.54, 1.807) is 18.2 Å². The summed E-state index contributed by atoms with van der Waals surface area (Å²) in [6.45, 7) is 2.92. The molecule has 0 bridgehead atoms. The van der Waals surface area contributed by atoms with Gasteiger partial charge in [-0.2, -0.15) is 0 Å². The molecule has 0 saturated carbocycles. The van der Waals surface area contributed by atoms with Gasteiger partial charge in [-0.15, -0.1) is 0 Å². The fourth-order valence-electron chi connectivity index (χ4n) is 1.83. The summed E-state index contributed by atoms with van der Waals surface area (Å²) in [4.78, 5) is 10.6. The van der Waals surface area contributed by atoms with Gasteiger partial charge in [0, 0.05) is 18.0 Å². The first-order valence-electron chi connectivity index (χ1n) is 6.10. The number of rotatable bonds is 6. The van der Waals surface area contributed by atoms with E-state index in [0.29, 0.717) is 16.9 Å². The predicted octanol–water partition coefficient (Wildman–Crippen LogP) is 2.76. The van der Waals surface area contributed by atoms with E-state index in [0.717, 1.165) is 0 Å². The molecule has 1 aromatic rings. The molecule has 0 heterocycles. The smallest absolute Gasteiger partial charge is 0.303 e. The molecule has 0 saturated heterocycles. The molecule has 1 atom stereocenters. The summed E-state index contributed by atoms with van der Waals surface area (Å²) in [6, 6.07) is 4.46. The van der Waals surface area contributed by atoms with Crippen LogP contribution in [0.1, 0.15) is 43.9 Å². The molecule has 0 aliphatic rings. The molecule has 0 aromatic heterocycles. The average Bonchev–Trinajstić information content (AvgIpc) is 2.33. The van der Waals surface area contributed by atoms with Gasteiger partial charge in [0.2, 0.25) is 0 Å². The highest BCUT2D eigenvalue weighted by molar-refractivity contribution is 5.66. The van der Waals surface area contributed by atoms with Gasteiger partial charge in [-0.05, 0) is 38.0 Å². The van der Waals surface area contributed by atoms with Gasteiger partial charge in [0.25, 0.3) is 0 Å². The summed E-state index contributed by atoms with van der Waals surface area (Å²) < 4.78 is 19.1. The van der Waals surface area contributed by atoms with Crippen molar-refractivity contribution in [1.82, 2.24) is 0 Å². The van der Waals surface area contributed by atoms with Gasteiger partial charge in [0.05, 0.1) is 7.11 Å². The van der Waals surface area contributed by atoms with E-state index in [1.165, 1.54) is 21.0 Å². The standard InChI is InChI=1S/C14H20FNO3/c1-14(2,15)9-4-6-12(19-3)10(8-9)11(16)5-7-13(17)18/h4,6,8,11H,5,7,16H2,1-3H3,(H,17,18). The van der Waals surface area contributed by atoms with E-state index in [4.69, 9.17) is 15.6 Å². The number of nitrogens with two attached hydrogens (primary N) is 1. The largest absolute Gasteiger partial charge is 0.496 e. The van der Waals surface area contributed by atoms with E-state index in [-0.39, 0.29) is 12.8 Å². The highest BCUT2D eigenvalue weighted by atomic mass is 19.1. The van der Waals surface area contributed by atoms with Gasteiger partial charge >= 0.3 is 5.97 Å². The van der Waals surface area contributed by atoms with Gasteiger partial charge in [0.15, 0.2) is 0 Å². The lowest BCUT2D eigenvalue weighted by molar-refractivity contribution is -0.137. The van der Waals surface area contributed by atoms with E-state index < -0.39 is 17.7 Å². The number of benzene rings is 1. The first-order valence-corrected chi connectivity index (χ1v) is 6.10. The molecule has 0 amide bonds. The third-order valence-corrected chi connectivity index (χ3v) is 2.98. The van der Waals surface area contributed by atoms with Crippen LogP contribution in [-0.2, 0) is 10.5 Å². The quantitative estimate of drug-likeness (QED) is 0.833. The number of ether oxygens (including phenoxy) is 1. The van der Waals surface area contributed by atoms with E-state index in [2.05, 4.69) is 0 Å². The number of alkyl halides is 1. The summed E-state index contributed by atoms with van der Waals surface area (Å²) in [5.41, 5.74) is 5.61. The Kier molecular flexibility index (Phi) is 4.89. The van der Waals surface area contributed by atoms with E-state index in [1.807, 2.05) is 0 Å². The minimum Gasteiger partial charge on any atom is -0.496 e. The van der Waals surface area contributed by atoms with Crippen molar-refractivity contribution in [2.45, 2.75) is 38.4 Å². The van der Waals surface area contributed by atoms with Gasteiger partial charge < -0.3 is 15.6 Å². The highest BCUT2D eigenvalue weighted by Crippen LogP contribution is 2.33. The van der Waals surface area contributed by atoms with Crippen molar-refractivity contribution in [2.24, 2.45) is 5.73 Å². The molecular formula is C14H20FNO3. The van der Waals surface area contributed by atoms with Crippen molar-refractivity contribution in [3.05, 3.63) is 29.3 Å². The van der Waals surface area contributed by atoms with Gasteiger partial charge in [-0.25, -0.2) is 4.39 Å². The third-order valence-electron chi connectivity index (χ3n) is 2.98. The maximum atomic E-state index is 13.9.